The molecule has 0 heterocycles. The number of sulfonamides is 1. The average Bonchev–Trinajstić information content (AvgIpc) is 2.92. The number of anilines is 1. The quantitative estimate of drug-likeness (QED) is 0.336. The van der Waals surface area contributed by atoms with E-state index in [4.69, 9.17) is 0 Å². The van der Waals surface area contributed by atoms with Gasteiger partial charge in [-0.25, -0.2) is 8.42 Å². The van der Waals surface area contributed by atoms with Crippen molar-refractivity contribution in [3.05, 3.63) is 94.5 Å². The Bertz CT molecular complexity index is 1430. The van der Waals surface area contributed by atoms with Gasteiger partial charge in [-0.05, 0) is 82.9 Å². The van der Waals surface area contributed by atoms with Gasteiger partial charge in [0, 0.05) is 12.6 Å². The van der Waals surface area contributed by atoms with Crippen LogP contribution in [0.2, 0.25) is 0 Å². The van der Waals surface area contributed by atoms with Gasteiger partial charge in [-0.1, -0.05) is 66.6 Å². The van der Waals surface area contributed by atoms with Crippen LogP contribution in [-0.4, -0.2) is 43.8 Å². The third kappa shape index (κ3) is 7.30. The predicted molar refractivity (Wildman–Crippen MR) is 161 cm³/mol. The van der Waals surface area contributed by atoms with Crippen molar-refractivity contribution in [3.8, 4) is 0 Å². The number of nitrogens with one attached hydrogen (secondary N) is 1. The van der Waals surface area contributed by atoms with Gasteiger partial charge in [-0.15, -0.1) is 0 Å². The second-order valence-corrected chi connectivity index (χ2v) is 12.4. The molecule has 0 saturated carbocycles. The van der Waals surface area contributed by atoms with Crippen LogP contribution in [0.25, 0.3) is 0 Å². The van der Waals surface area contributed by atoms with Crippen LogP contribution >= 0.6 is 0 Å². The zero-order chi connectivity index (χ0) is 29.6. The largest absolute Gasteiger partial charge is 0.352 e. The number of benzene rings is 3. The van der Waals surface area contributed by atoms with E-state index in [9.17, 15) is 18.0 Å². The number of hydrogen-bond acceptors (Lipinski definition) is 4. The van der Waals surface area contributed by atoms with Crippen LogP contribution in [0.3, 0.4) is 0 Å². The summed E-state index contributed by atoms with van der Waals surface area (Å²) < 4.78 is 29.2. The Labute approximate surface area is 239 Å². The van der Waals surface area contributed by atoms with Gasteiger partial charge in [0.05, 0.1) is 10.6 Å². The van der Waals surface area contributed by atoms with Crippen LogP contribution in [0, 0.1) is 27.7 Å². The fourth-order valence-electron chi connectivity index (χ4n) is 4.29. The van der Waals surface area contributed by atoms with Crippen molar-refractivity contribution in [1.29, 1.82) is 0 Å². The van der Waals surface area contributed by atoms with E-state index in [0.717, 1.165) is 34.2 Å². The van der Waals surface area contributed by atoms with E-state index in [-0.39, 0.29) is 23.4 Å². The number of carbonyl (C=O) groups is 2. The summed E-state index contributed by atoms with van der Waals surface area (Å²) in [5.41, 5.74) is 4.96. The van der Waals surface area contributed by atoms with Crippen LogP contribution in [0.1, 0.15) is 55.0 Å². The second kappa shape index (κ2) is 13.1. The lowest BCUT2D eigenvalue weighted by atomic mass is 10.1. The van der Waals surface area contributed by atoms with Crippen molar-refractivity contribution in [2.75, 3.05) is 10.8 Å². The highest BCUT2D eigenvalue weighted by atomic mass is 32.2. The molecule has 40 heavy (non-hydrogen) atoms. The van der Waals surface area contributed by atoms with Gasteiger partial charge in [0.25, 0.3) is 10.0 Å². The molecule has 0 unspecified atom stereocenters. The van der Waals surface area contributed by atoms with E-state index < -0.39 is 28.5 Å². The van der Waals surface area contributed by atoms with Gasteiger partial charge in [0.2, 0.25) is 11.8 Å². The number of amides is 2. The molecule has 2 amide bonds. The first-order valence-corrected chi connectivity index (χ1v) is 15.1. The molecule has 0 bridgehead atoms. The molecule has 1 N–H and O–H groups in total. The molecule has 8 heteroatoms. The Morgan fingerprint density at radius 2 is 1.43 bits per heavy atom. The van der Waals surface area contributed by atoms with E-state index in [2.05, 4.69) is 5.32 Å². The zero-order valence-corrected chi connectivity index (χ0v) is 25.4. The Morgan fingerprint density at radius 1 is 0.850 bits per heavy atom. The zero-order valence-electron chi connectivity index (χ0n) is 24.6. The Kier molecular flexibility index (Phi) is 10.1. The molecule has 2 atom stereocenters. The van der Waals surface area contributed by atoms with Gasteiger partial charge in [-0.2, -0.15) is 0 Å². The summed E-state index contributed by atoms with van der Waals surface area (Å²) in [6.07, 6.45) is 0.750. The lowest BCUT2D eigenvalue weighted by Gasteiger charge is -2.33. The molecular formula is C32H41N3O4S. The molecule has 0 saturated heterocycles. The molecular weight excluding hydrogens is 522 g/mol. The van der Waals surface area contributed by atoms with Crippen molar-refractivity contribution in [2.24, 2.45) is 0 Å². The smallest absolute Gasteiger partial charge is 0.264 e. The summed E-state index contributed by atoms with van der Waals surface area (Å²) in [5, 5.41) is 2.96. The number of aryl methyl sites for hydroxylation is 3. The number of rotatable bonds is 11. The van der Waals surface area contributed by atoms with Crippen molar-refractivity contribution in [2.45, 2.75) is 78.4 Å². The lowest BCUT2D eigenvalue weighted by Crippen LogP contribution is -2.52. The molecule has 0 aliphatic rings. The summed E-state index contributed by atoms with van der Waals surface area (Å²) in [7, 11) is -4.10. The SMILES string of the molecule is CC[C@H](C)NC(=O)[C@H](C)N(Cc1ccc(C)cc1)C(=O)CN(c1cccc(C)c1C)S(=O)(=O)c1ccc(C)cc1. The first-order chi connectivity index (χ1) is 18.8. The third-order valence-electron chi connectivity index (χ3n) is 7.37. The maximum Gasteiger partial charge on any atom is 0.264 e. The highest BCUT2D eigenvalue weighted by Gasteiger charge is 2.33. The highest BCUT2D eigenvalue weighted by Crippen LogP contribution is 2.29. The molecule has 0 aliphatic heterocycles. The maximum atomic E-state index is 14.1. The normalized spacial score (nSPS) is 12.9. The Hall–Kier alpha value is -3.65. The molecule has 7 nitrogen and oxygen atoms in total. The molecule has 0 aliphatic carbocycles. The van der Waals surface area contributed by atoms with Crippen LogP contribution in [-0.2, 0) is 26.2 Å². The summed E-state index contributed by atoms with van der Waals surface area (Å²) in [6.45, 7) is 12.9. The van der Waals surface area contributed by atoms with Crippen molar-refractivity contribution >= 4 is 27.5 Å². The van der Waals surface area contributed by atoms with Crippen LogP contribution in [0.4, 0.5) is 5.69 Å². The summed E-state index contributed by atoms with van der Waals surface area (Å²) in [6, 6.07) is 18.9. The van der Waals surface area contributed by atoms with E-state index in [0.29, 0.717) is 5.69 Å². The minimum absolute atomic E-state index is 0.0559. The minimum Gasteiger partial charge on any atom is -0.352 e. The number of hydrogen-bond donors (Lipinski definition) is 1. The first-order valence-electron chi connectivity index (χ1n) is 13.7. The monoisotopic (exact) mass is 563 g/mol. The standard InChI is InChI=1S/C32H41N3O4S/c1-8-25(5)33-32(37)27(7)34(20-28-16-12-22(2)13-17-28)31(36)21-35(30-11-9-10-24(4)26(30)6)40(38,39)29-18-14-23(3)15-19-29/h9-19,25,27H,8,20-21H2,1-7H3,(H,33,37)/t25-,27-/m0/s1. The number of carbonyl (C=O) groups excluding carboxylic acids is 2. The average molecular weight is 564 g/mol. The molecule has 0 aromatic heterocycles. The highest BCUT2D eigenvalue weighted by molar-refractivity contribution is 7.92. The molecule has 3 aromatic carbocycles. The molecule has 0 fully saturated rings. The van der Waals surface area contributed by atoms with Gasteiger partial charge >= 0.3 is 0 Å². The van der Waals surface area contributed by atoms with Crippen LogP contribution < -0.4 is 9.62 Å². The Morgan fingerprint density at radius 3 is 2.00 bits per heavy atom. The molecule has 214 valence electrons. The van der Waals surface area contributed by atoms with E-state index >= 15 is 0 Å². The minimum atomic E-state index is -4.10. The van der Waals surface area contributed by atoms with Crippen LogP contribution in [0.15, 0.2) is 71.6 Å². The van der Waals surface area contributed by atoms with Gasteiger partial charge in [0.1, 0.15) is 12.6 Å². The van der Waals surface area contributed by atoms with Gasteiger partial charge in [0.15, 0.2) is 0 Å². The molecule has 0 spiro atoms. The molecule has 3 aromatic rings. The fourth-order valence-corrected chi connectivity index (χ4v) is 5.77. The summed E-state index contributed by atoms with van der Waals surface area (Å²) in [4.78, 5) is 28.8. The molecule has 3 rings (SSSR count). The van der Waals surface area contributed by atoms with E-state index in [1.165, 1.54) is 9.21 Å². The van der Waals surface area contributed by atoms with Gasteiger partial charge < -0.3 is 10.2 Å². The molecule has 0 radical (unpaired) electrons. The summed E-state index contributed by atoms with van der Waals surface area (Å²) >= 11 is 0. The topological polar surface area (TPSA) is 86.8 Å². The maximum absolute atomic E-state index is 14.1. The van der Waals surface area contributed by atoms with E-state index in [1.807, 2.05) is 71.9 Å². The van der Waals surface area contributed by atoms with Crippen molar-refractivity contribution < 1.29 is 18.0 Å². The first kappa shape index (κ1) is 30.9. The predicted octanol–water partition coefficient (Wildman–Crippen LogP) is 5.45. The van der Waals surface area contributed by atoms with Crippen molar-refractivity contribution in [3.63, 3.8) is 0 Å². The Balaban J connectivity index is 2.06. The lowest BCUT2D eigenvalue weighted by molar-refractivity contribution is -0.139. The van der Waals surface area contributed by atoms with Crippen LogP contribution in [0.5, 0.6) is 0 Å². The van der Waals surface area contributed by atoms with E-state index in [1.54, 1.807) is 43.3 Å². The second-order valence-electron chi connectivity index (χ2n) is 10.5. The third-order valence-corrected chi connectivity index (χ3v) is 9.15. The summed E-state index contributed by atoms with van der Waals surface area (Å²) in [5.74, 6) is -0.751. The number of nitrogens with zero attached hydrogens (tertiary/aromatic N) is 2. The van der Waals surface area contributed by atoms with Gasteiger partial charge in [-0.3, -0.25) is 13.9 Å². The fraction of sp³-hybridized carbons (Fsp3) is 0.375. The van der Waals surface area contributed by atoms with Crippen molar-refractivity contribution in [1.82, 2.24) is 10.2 Å².